The number of carbonyl (C=O) groups excluding carboxylic acids is 2. The van der Waals surface area contributed by atoms with E-state index in [4.69, 9.17) is 15.2 Å². The van der Waals surface area contributed by atoms with Crippen molar-refractivity contribution in [3.05, 3.63) is 71.8 Å². The van der Waals surface area contributed by atoms with E-state index in [0.717, 1.165) is 16.3 Å². The van der Waals surface area contributed by atoms with Gasteiger partial charge in [0.2, 0.25) is 0 Å². The summed E-state index contributed by atoms with van der Waals surface area (Å²) in [4.78, 5) is 23.9. The highest BCUT2D eigenvalue weighted by Gasteiger charge is 2.14. The van der Waals surface area contributed by atoms with Crippen LogP contribution in [-0.2, 0) is 4.79 Å². The molecule has 0 aliphatic heterocycles. The van der Waals surface area contributed by atoms with Crippen molar-refractivity contribution < 1.29 is 19.1 Å². The van der Waals surface area contributed by atoms with E-state index >= 15 is 0 Å². The molecule has 0 spiro atoms. The first kappa shape index (κ1) is 19.2. The second-order valence-electron chi connectivity index (χ2n) is 6.41. The summed E-state index contributed by atoms with van der Waals surface area (Å²) in [5.74, 6) is -0.233. The standard InChI is InChI=1S/C22H22N2O4/c1-14(16-8-7-15-5-3-4-6-17(15)11-16)24-21(25)13-28-20-10-9-18(27-2)12-19(20)22(23)26/h3-12,14H,13H2,1-2H3,(H2,23,26)(H,24,25). The second-order valence-corrected chi connectivity index (χ2v) is 6.41. The molecular formula is C22H22N2O4. The Hall–Kier alpha value is -3.54. The van der Waals surface area contributed by atoms with E-state index in [-0.39, 0.29) is 29.9 Å². The van der Waals surface area contributed by atoms with Gasteiger partial charge in [-0.1, -0.05) is 36.4 Å². The smallest absolute Gasteiger partial charge is 0.258 e. The van der Waals surface area contributed by atoms with Crippen LogP contribution in [0.15, 0.2) is 60.7 Å². The molecule has 0 aliphatic rings. The molecular weight excluding hydrogens is 356 g/mol. The molecule has 0 saturated heterocycles. The largest absolute Gasteiger partial charge is 0.497 e. The number of ether oxygens (including phenoxy) is 2. The lowest BCUT2D eigenvalue weighted by Crippen LogP contribution is -2.31. The molecule has 0 bridgehead atoms. The average Bonchev–Trinajstić information content (AvgIpc) is 2.71. The average molecular weight is 378 g/mol. The maximum absolute atomic E-state index is 12.3. The van der Waals surface area contributed by atoms with Gasteiger partial charge in [-0.2, -0.15) is 0 Å². The molecule has 1 unspecified atom stereocenters. The highest BCUT2D eigenvalue weighted by Crippen LogP contribution is 2.24. The first-order valence-corrected chi connectivity index (χ1v) is 8.86. The minimum absolute atomic E-state index is 0.162. The zero-order valence-electron chi connectivity index (χ0n) is 15.8. The van der Waals surface area contributed by atoms with Crippen molar-refractivity contribution in [3.8, 4) is 11.5 Å². The zero-order valence-corrected chi connectivity index (χ0v) is 15.8. The summed E-state index contributed by atoms with van der Waals surface area (Å²) < 4.78 is 10.6. The Morgan fingerprint density at radius 1 is 1.04 bits per heavy atom. The normalized spacial score (nSPS) is 11.6. The van der Waals surface area contributed by atoms with E-state index in [2.05, 4.69) is 11.4 Å². The summed E-state index contributed by atoms with van der Waals surface area (Å²) in [7, 11) is 1.49. The molecule has 0 fully saturated rings. The topological polar surface area (TPSA) is 90.7 Å². The van der Waals surface area contributed by atoms with Crippen LogP contribution in [0.3, 0.4) is 0 Å². The lowest BCUT2D eigenvalue weighted by atomic mass is 10.0. The number of fused-ring (bicyclic) bond motifs is 1. The molecule has 3 aromatic rings. The molecule has 3 aromatic carbocycles. The van der Waals surface area contributed by atoms with Crippen molar-refractivity contribution >= 4 is 22.6 Å². The molecule has 3 rings (SSSR count). The first-order chi connectivity index (χ1) is 13.5. The van der Waals surface area contributed by atoms with Crippen molar-refractivity contribution in [1.29, 1.82) is 0 Å². The third-order valence-corrected chi connectivity index (χ3v) is 4.46. The number of rotatable bonds is 7. The fraction of sp³-hybridized carbons (Fsp3) is 0.182. The van der Waals surface area contributed by atoms with Crippen molar-refractivity contribution in [2.24, 2.45) is 5.73 Å². The van der Waals surface area contributed by atoms with Crippen LogP contribution in [0.1, 0.15) is 28.9 Å². The highest BCUT2D eigenvalue weighted by molar-refractivity contribution is 5.96. The van der Waals surface area contributed by atoms with Crippen LogP contribution in [0.5, 0.6) is 11.5 Å². The number of primary amides is 1. The fourth-order valence-corrected chi connectivity index (χ4v) is 2.94. The second kappa shape index (κ2) is 8.43. The van der Waals surface area contributed by atoms with E-state index in [1.807, 2.05) is 43.3 Å². The molecule has 0 aliphatic carbocycles. The van der Waals surface area contributed by atoms with Gasteiger partial charge in [-0.3, -0.25) is 9.59 Å². The Balaban J connectivity index is 1.64. The molecule has 144 valence electrons. The van der Waals surface area contributed by atoms with E-state index in [0.29, 0.717) is 5.75 Å². The summed E-state index contributed by atoms with van der Waals surface area (Å²) in [6, 6.07) is 18.6. The zero-order chi connectivity index (χ0) is 20.1. The fourth-order valence-electron chi connectivity index (χ4n) is 2.94. The number of methoxy groups -OCH3 is 1. The number of benzene rings is 3. The van der Waals surface area contributed by atoms with Gasteiger partial charge in [-0.05, 0) is 47.5 Å². The van der Waals surface area contributed by atoms with Crippen LogP contribution in [0.25, 0.3) is 10.8 Å². The molecule has 0 radical (unpaired) electrons. The Bertz CT molecular complexity index is 1020. The van der Waals surface area contributed by atoms with Crippen molar-refractivity contribution in [1.82, 2.24) is 5.32 Å². The molecule has 1 atom stereocenters. The van der Waals surface area contributed by atoms with Crippen molar-refractivity contribution in [2.45, 2.75) is 13.0 Å². The minimum atomic E-state index is -0.654. The summed E-state index contributed by atoms with van der Waals surface area (Å²) in [6.07, 6.45) is 0. The highest BCUT2D eigenvalue weighted by atomic mass is 16.5. The first-order valence-electron chi connectivity index (χ1n) is 8.86. The quantitative estimate of drug-likeness (QED) is 0.660. The SMILES string of the molecule is COc1ccc(OCC(=O)NC(C)c2ccc3ccccc3c2)c(C(N)=O)c1. The predicted molar refractivity (Wildman–Crippen MR) is 108 cm³/mol. The number of nitrogens with one attached hydrogen (secondary N) is 1. The molecule has 6 heteroatoms. The maximum Gasteiger partial charge on any atom is 0.258 e. The van der Waals surface area contributed by atoms with Crippen LogP contribution in [0.4, 0.5) is 0 Å². The molecule has 0 saturated carbocycles. The number of carbonyl (C=O) groups is 2. The van der Waals surface area contributed by atoms with Gasteiger partial charge in [0, 0.05) is 0 Å². The van der Waals surface area contributed by atoms with Crippen LogP contribution in [0.2, 0.25) is 0 Å². The Morgan fingerprint density at radius 2 is 1.79 bits per heavy atom. The number of amides is 2. The number of nitrogens with two attached hydrogens (primary N) is 1. The molecule has 2 amide bonds. The van der Waals surface area contributed by atoms with Crippen LogP contribution < -0.4 is 20.5 Å². The lowest BCUT2D eigenvalue weighted by molar-refractivity contribution is -0.123. The van der Waals surface area contributed by atoms with Gasteiger partial charge in [0.15, 0.2) is 6.61 Å². The summed E-state index contributed by atoms with van der Waals surface area (Å²) in [5.41, 5.74) is 6.53. The van der Waals surface area contributed by atoms with E-state index in [1.165, 1.54) is 13.2 Å². The van der Waals surface area contributed by atoms with Crippen molar-refractivity contribution in [2.75, 3.05) is 13.7 Å². The van der Waals surface area contributed by atoms with Crippen LogP contribution in [0, 0.1) is 0 Å². The Morgan fingerprint density at radius 3 is 2.50 bits per heavy atom. The van der Waals surface area contributed by atoms with Gasteiger partial charge in [0.1, 0.15) is 11.5 Å². The molecule has 6 nitrogen and oxygen atoms in total. The van der Waals surface area contributed by atoms with Gasteiger partial charge in [0.05, 0.1) is 18.7 Å². The predicted octanol–water partition coefficient (Wildman–Crippen LogP) is 3.20. The third-order valence-electron chi connectivity index (χ3n) is 4.46. The van der Waals surface area contributed by atoms with Gasteiger partial charge < -0.3 is 20.5 Å². The molecule has 3 N–H and O–H groups in total. The van der Waals surface area contributed by atoms with Crippen LogP contribution in [-0.4, -0.2) is 25.5 Å². The van der Waals surface area contributed by atoms with Gasteiger partial charge >= 0.3 is 0 Å². The number of hydrogen-bond acceptors (Lipinski definition) is 4. The van der Waals surface area contributed by atoms with Gasteiger partial charge in [-0.15, -0.1) is 0 Å². The summed E-state index contributed by atoms with van der Waals surface area (Å²) in [5, 5.41) is 5.16. The molecule has 0 heterocycles. The maximum atomic E-state index is 12.3. The third kappa shape index (κ3) is 4.40. The Kier molecular flexibility index (Phi) is 5.79. The molecule has 0 aromatic heterocycles. The van der Waals surface area contributed by atoms with Crippen LogP contribution >= 0.6 is 0 Å². The van der Waals surface area contributed by atoms with E-state index in [9.17, 15) is 9.59 Å². The number of hydrogen-bond donors (Lipinski definition) is 2. The van der Waals surface area contributed by atoms with Crippen molar-refractivity contribution in [3.63, 3.8) is 0 Å². The van der Waals surface area contributed by atoms with E-state index < -0.39 is 5.91 Å². The molecule has 28 heavy (non-hydrogen) atoms. The van der Waals surface area contributed by atoms with Gasteiger partial charge in [0.25, 0.3) is 11.8 Å². The van der Waals surface area contributed by atoms with E-state index in [1.54, 1.807) is 12.1 Å². The summed E-state index contributed by atoms with van der Waals surface area (Å²) in [6.45, 7) is 1.68. The minimum Gasteiger partial charge on any atom is -0.497 e. The summed E-state index contributed by atoms with van der Waals surface area (Å²) >= 11 is 0. The van der Waals surface area contributed by atoms with Gasteiger partial charge in [-0.25, -0.2) is 0 Å². The Labute approximate surface area is 163 Å². The monoisotopic (exact) mass is 378 g/mol. The lowest BCUT2D eigenvalue weighted by Gasteiger charge is -2.16.